The van der Waals surface area contributed by atoms with E-state index in [4.69, 9.17) is 4.74 Å². The van der Waals surface area contributed by atoms with E-state index in [-0.39, 0.29) is 11.3 Å². The Morgan fingerprint density at radius 3 is 2.43 bits per heavy atom. The summed E-state index contributed by atoms with van der Waals surface area (Å²) in [5.74, 6) is -1.52. The van der Waals surface area contributed by atoms with Gasteiger partial charge < -0.3 is 14.9 Å². The molecule has 2 atom stereocenters. The summed E-state index contributed by atoms with van der Waals surface area (Å²) in [6.07, 6.45) is 2.93. The predicted octanol–water partition coefficient (Wildman–Crippen LogP) is 2.93. The lowest BCUT2D eigenvalue weighted by Gasteiger charge is -2.34. The summed E-state index contributed by atoms with van der Waals surface area (Å²) in [7, 11) is 1.38. The van der Waals surface area contributed by atoms with Crippen LogP contribution < -0.4 is 0 Å². The smallest absolute Gasteiger partial charge is 0.336 e. The van der Waals surface area contributed by atoms with Gasteiger partial charge in [0, 0.05) is 5.75 Å². The Bertz CT molecular complexity index is 665. The highest BCUT2D eigenvalue weighted by atomic mass is 32.2. The van der Waals surface area contributed by atoms with Gasteiger partial charge in [-0.05, 0) is 18.6 Å². The lowest BCUT2D eigenvalue weighted by Crippen LogP contribution is -2.41. The Labute approximate surface area is 138 Å². The lowest BCUT2D eigenvalue weighted by molar-refractivity contribution is -0.145. The summed E-state index contributed by atoms with van der Waals surface area (Å²) in [4.78, 5) is 23.4. The number of carboxylic acid groups (broad SMARTS) is 2. The summed E-state index contributed by atoms with van der Waals surface area (Å²) in [5, 5.41) is 18.4. The molecule has 122 valence electrons. The van der Waals surface area contributed by atoms with Crippen molar-refractivity contribution in [1.82, 2.24) is 0 Å². The van der Waals surface area contributed by atoms with Crippen LogP contribution in [0.5, 0.6) is 0 Å². The molecule has 1 aliphatic carbocycles. The average Bonchev–Trinajstić information content (AvgIpc) is 2.54. The van der Waals surface area contributed by atoms with Crippen molar-refractivity contribution in [3.05, 3.63) is 59.4 Å². The Morgan fingerprint density at radius 2 is 1.91 bits per heavy atom. The number of carbonyl (C=O) groups is 2. The van der Waals surface area contributed by atoms with Crippen molar-refractivity contribution in [2.45, 2.75) is 17.9 Å². The third-order valence-electron chi connectivity index (χ3n) is 3.82. The number of rotatable bonds is 6. The minimum atomic E-state index is -1.31. The molecule has 0 saturated carbocycles. The molecule has 23 heavy (non-hydrogen) atoms. The Hall–Kier alpha value is -2.21. The van der Waals surface area contributed by atoms with Gasteiger partial charge in [0.2, 0.25) is 0 Å². The quantitative estimate of drug-likeness (QED) is 0.832. The standard InChI is InChI=1S/C17H18O5S/c1-17(16(20)21)9-8-12(22-2)13(15(18)19)14(17)23-10-11-6-4-3-5-7-11/h3-9,14H,10H2,1-2H3,(H,18,19)(H,20,21). The number of allylic oxidation sites excluding steroid dienone is 1. The molecule has 0 heterocycles. The van der Waals surface area contributed by atoms with Gasteiger partial charge in [-0.15, -0.1) is 11.8 Å². The van der Waals surface area contributed by atoms with Crippen molar-refractivity contribution in [1.29, 1.82) is 0 Å². The fourth-order valence-corrected chi connectivity index (χ4v) is 3.91. The Morgan fingerprint density at radius 1 is 1.26 bits per heavy atom. The molecule has 0 spiro atoms. The first-order valence-electron chi connectivity index (χ1n) is 6.99. The molecule has 5 nitrogen and oxygen atoms in total. The van der Waals surface area contributed by atoms with Crippen molar-refractivity contribution in [3.8, 4) is 0 Å². The van der Waals surface area contributed by atoms with Crippen molar-refractivity contribution in [2.75, 3.05) is 7.11 Å². The van der Waals surface area contributed by atoms with Gasteiger partial charge in [0.25, 0.3) is 0 Å². The van der Waals surface area contributed by atoms with Crippen LogP contribution in [0.15, 0.2) is 53.8 Å². The van der Waals surface area contributed by atoms with Gasteiger partial charge in [0.15, 0.2) is 0 Å². The molecule has 6 heteroatoms. The molecule has 0 saturated heterocycles. The van der Waals surface area contributed by atoms with Crippen LogP contribution in [-0.4, -0.2) is 34.5 Å². The molecule has 2 N–H and O–H groups in total. The molecule has 0 fully saturated rings. The maximum Gasteiger partial charge on any atom is 0.336 e. The molecule has 0 bridgehead atoms. The first-order valence-corrected chi connectivity index (χ1v) is 8.04. The Balaban J connectivity index is 2.38. The van der Waals surface area contributed by atoms with E-state index in [2.05, 4.69) is 0 Å². The molecule has 1 aromatic rings. The van der Waals surface area contributed by atoms with E-state index in [0.717, 1.165) is 5.56 Å². The molecule has 0 amide bonds. The zero-order chi connectivity index (χ0) is 17.0. The maximum atomic E-state index is 11.7. The molecule has 0 radical (unpaired) electrons. The van der Waals surface area contributed by atoms with E-state index in [1.807, 2.05) is 30.3 Å². The van der Waals surface area contributed by atoms with E-state index in [1.54, 1.807) is 0 Å². The van der Waals surface area contributed by atoms with Crippen LogP contribution in [0.3, 0.4) is 0 Å². The highest BCUT2D eigenvalue weighted by Gasteiger charge is 2.47. The van der Waals surface area contributed by atoms with E-state index < -0.39 is 22.6 Å². The van der Waals surface area contributed by atoms with E-state index in [9.17, 15) is 19.8 Å². The van der Waals surface area contributed by atoms with Gasteiger partial charge in [0.05, 0.1) is 23.3 Å². The largest absolute Gasteiger partial charge is 0.496 e. The lowest BCUT2D eigenvalue weighted by atomic mass is 9.79. The van der Waals surface area contributed by atoms with Crippen LogP contribution >= 0.6 is 11.8 Å². The molecule has 2 rings (SSSR count). The number of carboxylic acids is 2. The topological polar surface area (TPSA) is 83.8 Å². The Kier molecular flexibility index (Phi) is 5.15. The first kappa shape index (κ1) is 17.1. The van der Waals surface area contributed by atoms with E-state index in [1.165, 1.54) is 37.9 Å². The van der Waals surface area contributed by atoms with Crippen molar-refractivity contribution in [3.63, 3.8) is 0 Å². The van der Waals surface area contributed by atoms with Crippen molar-refractivity contribution >= 4 is 23.7 Å². The van der Waals surface area contributed by atoms with Crippen LogP contribution in [-0.2, 0) is 20.1 Å². The van der Waals surface area contributed by atoms with Crippen LogP contribution in [0.4, 0.5) is 0 Å². The van der Waals surface area contributed by atoms with Crippen molar-refractivity contribution < 1.29 is 24.5 Å². The summed E-state index contributed by atoms with van der Waals surface area (Å²) < 4.78 is 5.13. The fourth-order valence-electron chi connectivity index (χ4n) is 2.44. The number of hydrogen-bond donors (Lipinski definition) is 2. The second-order valence-corrected chi connectivity index (χ2v) is 6.48. The summed E-state index contributed by atoms with van der Waals surface area (Å²) in [5.41, 5.74) is -0.320. The second-order valence-electron chi connectivity index (χ2n) is 5.39. The van der Waals surface area contributed by atoms with Gasteiger partial charge in [-0.2, -0.15) is 0 Å². The molecule has 0 aromatic heterocycles. The van der Waals surface area contributed by atoms with Crippen molar-refractivity contribution in [2.24, 2.45) is 5.41 Å². The fraction of sp³-hybridized carbons (Fsp3) is 0.294. The monoisotopic (exact) mass is 334 g/mol. The van der Waals surface area contributed by atoms with Gasteiger partial charge in [-0.3, -0.25) is 4.79 Å². The number of aliphatic carboxylic acids is 2. The number of hydrogen-bond acceptors (Lipinski definition) is 4. The van der Waals surface area contributed by atoms with Gasteiger partial charge >= 0.3 is 11.9 Å². The van der Waals surface area contributed by atoms with Crippen LogP contribution in [0.1, 0.15) is 12.5 Å². The van der Waals surface area contributed by atoms with E-state index >= 15 is 0 Å². The number of benzene rings is 1. The first-order chi connectivity index (χ1) is 10.9. The number of methoxy groups -OCH3 is 1. The van der Waals surface area contributed by atoms with Crippen LogP contribution in [0, 0.1) is 5.41 Å². The number of thioether (sulfide) groups is 1. The molecule has 2 unspecified atom stereocenters. The zero-order valence-electron chi connectivity index (χ0n) is 12.9. The average molecular weight is 334 g/mol. The third kappa shape index (κ3) is 3.42. The molecular formula is C17H18O5S. The van der Waals surface area contributed by atoms with Crippen LogP contribution in [0.2, 0.25) is 0 Å². The molecule has 1 aliphatic rings. The molecule has 0 aliphatic heterocycles. The van der Waals surface area contributed by atoms with Crippen LogP contribution in [0.25, 0.3) is 0 Å². The third-order valence-corrected chi connectivity index (χ3v) is 5.38. The highest BCUT2D eigenvalue weighted by molar-refractivity contribution is 7.99. The summed E-state index contributed by atoms with van der Waals surface area (Å²) in [6, 6.07) is 9.52. The van der Waals surface area contributed by atoms with E-state index in [0.29, 0.717) is 5.75 Å². The highest BCUT2D eigenvalue weighted by Crippen LogP contribution is 2.43. The van der Waals surface area contributed by atoms with Gasteiger partial charge in [-0.25, -0.2) is 4.79 Å². The molecular weight excluding hydrogens is 316 g/mol. The van der Waals surface area contributed by atoms with Gasteiger partial charge in [0.1, 0.15) is 5.76 Å². The maximum absolute atomic E-state index is 11.7. The predicted molar refractivity (Wildman–Crippen MR) is 88.1 cm³/mol. The minimum absolute atomic E-state index is 0.0131. The minimum Gasteiger partial charge on any atom is -0.496 e. The normalized spacial score (nSPS) is 23.7. The van der Waals surface area contributed by atoms with Gasteiger partial charge in [-0.1, -0.05) is 36.4 Å². The summed E-state index contributed by atoms with van der Waals surface area (Å²) in [6.45, 7) is 1.53. The summed E-state index contributed by atoms with van der Waals surface area (Å²) >= 11 is 1.29. The SMILES string of the molecule is COC1=C(C(=O)O)C(SCc2ccccc2)C(C)(C(=O)O)C=C1. The number of ether oxygens (including phenoxy) is 1. The molecule has 1 aromatic carbocycles. The zero-order valence-corrected chi connectivity index (χ0v) is 13.7. The second kappa shape index (κ2) is 6.91.